The molecular formula is C16H16ClF2N. The van der Waals surface area contributed by atoms with Gasteiger partial charge in [0, 0.05) is 16.6 Å². The molecule has 2 aromatic rings. The molecule has 0 saturated heterocycles. The lowest BCUT2D eigenvalue weighted by Crippen LogP contribution is -2.20. The van der Waals surface area contributed by atoms with E-state index in [4.69, 9.17) is 11.6 Å². The van der Waals surface area contributed by atoms with Gasteiger partial charge in [-0.3, -0.25) is 0 Å². The van der Waals surface area contributed by atoms with E-state index in [2.05, 4.69) is 5.32 Å². The Labute approximate surface area is 122 Å². The fraction of sp³-hybridized carbons (Fsp3) is 0.250. The lowest BCUT2D eigenvalue weighted by molar-refractivity contribution is 0.519. The first-order valence-electron chi connectivity index (χ1n) is 6.38. The Morgan fingerprint density at radius 1 is 1.10 bits per heavy atom. The summed E-state index contributed by atoms with van der Waals surface area (Å²) < 4.78 is 27.8. The van der Waals surface area contributed by atoms with Crippen molar-refractivity contribution in [1.82, 2.24) is 5.32 Å². The minimum absolute atomic E-state index is 0.279. The standard InChI is InChI=1S/C16H16ClF2N/c1-10-3-6-13(15(19)7-10)16(20-2)8-11-4-5-12(17)9-14(11)18/h3-7,9,16,20H,8H2,1-2H3. The molecule has 2 aromatic carbocycles. The van der Waals surface area contributed by atoms with E-state index < -0.39 is 0 Å². The third-order valence-electron chi connectivity index (χ3n) is 3.32. The van der Waals surface area contributed by atoms with Gasteiger partial charge in [0.15, 0.2) is 0 Å². The molecule has 0 fully saturated rings. The largest absolute Gasteiger partial charge is 0.313 e. The highest BCUT2D eigenvalue weighted by Crippen LogP contribution is 2.24. The predicted octanol–water partition coefficient (Wildman–Crippen LogP) is 4.43. The zero-order chi connectivity index (χ0) is 14.7. The van der Waals surface area contributed by atoms with Crippen molar-refractivity contribution >= 4 is 11.6 Å². The molecule has 0 aromatic heterocycles. The Bertz CT molecular complexity index is 613. The van der Waals surface area contributed by atoms with Gasteiger partial charge in [0.1, 0.15) is 11.6 Å². The SMILES string of the molecule is CNC(Cc1ccc(Cl)cc1F)c1ccc(C)cc1F. The number of hydrogen-bond donors (Lipinski definition) is 1. The Morgan fingerprint density at radius 3 is 2.45 bits per heavy atom. The maximum absolute atomic E-state index is 14.0. The van der Waals surface area contributed by atoms with Crippen LogP contribution >= 0.6 is 11.6 Å². The molecule has 20 heavy (non-hydrogen) atoms. The summed E-state index contributed by atoms with van der Waals surface area (Å²) in [6, 6.07) is 9.33. The summed E-state index contributed by atoms with van der Waals surface area (Å²) in [4.78, 5) is 0. The van der Waals surface area contributed by atoms with Gasteiger partial charge in [-0.25, -0.2) is 8.78 Å². The van der Waals surface area contributed by atoms with E-state index in [1.807, 2.05) is 13.0 Å². The second-order valence-electron chi connectivity index (χ2n) is 4.81. The van der Waals surface area contributed by atoms with Gasteiger partial charge in [0.25, 0.3) is 0 Å². The molecule has 0 radical (unpaired) electrons. The third-order valence-corrected chi connectivity index (χ3v) is 3.55. The summed E-state index contributed by atoms with van der Waals surface area (Å²) in [6.07, 6.45) is 0.361. The van der Waals surface area contributed by atoms with Gasteiger partial charge < -0.3 is 5.32 Å². The van der Waals surface area contributed by atoms with Crippen molar-refractivity contribution in [1.29, 1.82) is 0 Å². The summed E-state index contributed by atoms with van der Waals surface area (Å²) in [5, 5.41) is 3.38. The van der Waals surface area contributed by atoms with Crippen molar-refractivity contribution in [2.75, 3.05) is 7.05 Å². The van der Waals surface area contributed by atoms with E-state index in [1.54, 1.807) is 25.2 Å². The zero-order valence-corrected chi connectivity index (χ0v) is 12.1. The number of hydrogen-bond acceptors (Lipinski definition) is 1. The molecule has 0 amide bonds. The topological polar surface area (TPSA) is 12.0 Å². The quantitative estimate of drug-likeness (QED) is 0.880. The summed E-state index contributed by atoms with van der Waals surface area (Å²) >= 11 is 5.73. The van der Waals surface area contributed by atoms with Crippen LogP contribution in [0, 0.1) is 18.6 Å². The summed E-state index contributed by atoms with van der Waals surface area (Å²) in [5.41, 5.74) is 1.90. The van der Waals surface area contributed by atoms with E-state index in [1.165, 1.54) is 12.1 Å². The Kier molecular flexibility index (Phi) is 4.73. The van der Waals surface area contributed by atoms with E-state index in [-0.39, 0.29) is 17.7 Å². The fourth-order valence-corrected chi connectivity index (χ4v) is 2.35. The van der Waals surface area contributed by atoms with Gasteiger partial charge in [-0.2, -0.15) is 0 Å². The van der Waals surface area contributed by atoms with Crippen LogP contribution in [0.1, 0.15) is 22.7 Å². The smallest absolute Gasteiger partial charge is 0.128 e. The normalized spacial score (nSPS) is 12.4. The zero-order valence-electron chi connectivity index (χ0n) is 11.4. The van der Waals surface area contributed by atoms with Crippen molar-refractivity contribution in [3.8, 4) is 0 Å². The molecule has 106 valence electrons. The Morgan fingerprint density at radius 2 is 1.85 bits per heavy atom. The molecule has 1 N–H and O–H groups in total. The van der Waals surface area contributed by atoms with Crippen LogP contribution in [0.2, 0.25) is 5.02 Å². The number of aryl methyl sites for hydroxylation is 1. The maximum Gasteiger partial charge on any atom is 0.128 e. The second kappa shape index (κ2) is 6.33. The molecule has 1 unspecified atom stereocenters. The van der Waals surface area contributed by atoms with Crippen molar-refractivity contribution in [3.63, 3.8) is 0 Å². The van der Waals surface area contributed by atoms with Gasteiger partial charge in [0.05, 0.1) is 0 Å². The number of nitrogens with one attached hydrogen (secondary N) is 1. The van der Waals surface area contributed by atoms with Gasteiger partial charge in [-0.1, -0.05) is 29.8 Å². The Balaban J connectivity index is 2.28. The highest BCUT2D eigenvalue weighted by atomic mass is 35.5. The molecule has 0 aliphatic heterocycles. The predicted molar refractivity (Wildman–Crippen MR) is 78.1 cm³/mol. The molecule has 4 heteroatoms. The third kappa shape index (κ3) is 3.35. The number of halogens is 3. The molecular weight excluding hydrogens is 280 g/mol. The first-order valence-corrected chi connectivity index (χ1v) is 6.76. The summed E-state index contributed by atoms with van der Waals surface area (Å²) in [7, 11) is 1.73. The number of likely N-dealkylation sites (N-methyl/N-ethyl adjacent to an activating group) is 1. The van der Waals surface area contributed by atoms with Gasteiger partial charge in [-0.15, -0.1) is 0 Å². The van der Waals surface area contributed by atoms with Gasteiger partial charge >= 0.3 is 0 Å². The lowest BCUT2D eigenvalue weighted by atomic mass is 9.97. The average molecular weight is 296 g/mol. The number of rotatable bonds is 4. The highest BCUT2D eigenvalue weighted by molar-refractivity contribution is 6.30. The average Bonchev–Trinajstić information content (AvgIpc) is 2.39. The molecule has 2 rings (SSSR count). The van der Waals surface area contributed by atoms with Gasteiger partial charge in [-0.05, 0) is 49.7 Å². The Hall–Kier alpha value is -1.45. The summed E-state index contributed by atoms with van der Waals surface area (Å²) in [5.74, 6) is -0.649. The van der Waals surface area contributed by atoms with Crippen LogP contribution in [0.4, 0.5) is 8.78 Å². The van der Waals surface area contributed by atoms with E-state index >= 15 is 0 Å². The van der Waals surface area contributed by atoms with Crippen molar-refractivity contribution < 1.29 is 8.78 Å². The van der Waals surface area contributed by atoms with E-state index in [9.17, 15) is 8.78 Å². The van der Waals surface area contributed by atoms with Gasteiger partial charge in [0.2, 0.25) is 0 Å². The number of benzene rings is 2. The molecule has 0 saturated carbocycles. The maximum atomic E-state index is 14.0. The minimum Gasteiger partial charge on any atom is -0.313 e. The molecule has 0 heterocycles. The van der Waals surface area contributed by atoms with Crippen molar-refractivity contribution in [2.45, 2.75) is 19.4 Å². The van der Waals surface area contributed by atoms with Crippen LogP contribution in [-0.4, -0.2) is 7.05 Å². The molecule has 0 bridgehead atoms. The van der Waals surface area contributed by atoms with Crippen molar-refractivity contribution in [2.24, 2.45) is 0 Å². The van der Waals surface area contributed by atoms with Crippen LogP contribution < -0.4 is 5.32 Å². The first-order chi connectivity index (χ1) is 9.51. The lowest BCUT2D eigenvalue weighted by Gasteiger charge is -2.18. The molecule has 0 aliphatic carbocycles. The molecule has 1 nitrogen and oxygen atoms in total. The van der Waals surface area contributed by atoms with Crippen LogP contribution in [0.5, 0.6) is 0 Å². The van der Waals surface area contributed by atoms with Crippen LogP contribution in [0.15, 0.2) is 36.4 Å². The van der Waals surface area contributed by atoms with Crippen LogP contribution in [0.3, 0.4) is 0 Å². The fourth-order valence-electron chi connectivity index (χ4n) is 2.19. The monoisotopic (exact) mass is 295 g/mol. The van der Waals surface area contributed by atoms with Crippen molar-refractivity contribution in [3.05, 3.63) is 69.7 Å². The van der Waals surface area contributed by atoms with Crippen LogP contribution in [0.25, 0.3) is 0 Å². The molecule has 0 aliphatic rings. The first kappa shape index (κ1) is 14.9. The highest BCUT2D eigenvalue weighted by Gasteiger charge is 2.16. The van der Waals surface area contributed by atoms with E-state index in [0.717, 1.165) is 5.56 Å². The molecule has 0 spiro atoms. The molecule has 1 atom stereocenters. The summed E-state index contributed by atoms with van der Waals surface area (Å²) in [6.45, 7) is 1.83. The van der Waals surface area contributed by atoms with Crippen LogP contribution in [-0.2, 0) is 6.42 Å². The second-order valence-corrected chi connectivity index (χ2v) is 5.24. The minimum atomic E-state index is -0.370. The van der Waals surface area contributed by atoms with E-state index in [0.29, 0.717) is 22.6 Å².